The molecule has 91 heavy (non-hydrogen) atoms. The molecule has 0 bridgehead atoms. The van der Waals surface area contributed by atoms with Gasteiger partial charge in [-0.05, 0) is 75.5 Å². The van der Waals surface area contributed by atoms with Gasteiger partial charge in [-0.15, -0.1) is 23.2 Å². The van der Waals surface area contributed by atoms with Crippen molar-refractivity contribution < 1.29 is 47.8 Å². The summed E-state index contributed by atoms with van der Waals surface area (Å²) < 4.78 is 17.4. The number of amides is 8. The molecule has 2 atom stereocenters. The van der Waals surface area contributed by atoms with Crippen LogP contribution in [0.4, 0.5) is 39.8 Å². The van der Waals surface area contributed by atoms with Crippen molar-refractivity contribution >= 4 is 132 Å². The maximum absolute atomic E-state index is 14.1. The van der Waals surface area contributed by atoms with Crippen molar-refractivity contribution in [3.05, 3.63) is 185 Å². The van der Waals surface area contributed by atoms with E-state index < -0.39 is 23.6 Å². The summed E-state index contributed by atoms with van der Waals surface area (Å²) in [5.41, 5.74) is 7.47. The molecule has 21 nitrogen and oxygen atoms in total. The number of aromatic nitrogens is 3. The molecule has 2 unspecified atom stereocenters. The highest BCUT2D eigenvalue weighted by atomic mass is 35.5. The minimum Gasteiger partial charge on any atom is -0.488 e. The van der Waals surface area contributed by atoms with E-state index in [1.54, 1.807) is 67.7 Å². The van der Waals surface area contributed by atoms with Crippen LogP contribution in [-0.2, 0) is 58.3 Å². The second kappa shape index (κ2) is 26.8. The van der Waals surface area contributed by atoms with Gasteiger partial charge < -0.3 is 64.9 Å². The molecule has 3 aromatic heterocycles. The Morgan fingerprint density at radius 3 is 1.31 bits per heavy atom. The van der Waals surface area contributed by atoms with E-state index in [1.807, 2.05) is 91.0 Å². The zero-order chi connectivity index (χ0) is 64.2. The first-order chi connectivity index (χ1) is 43.8. The van der Waals surface area contributed by atoms with Crippen LogP contribution in [0.15, 0.2) is 146 Å². The highest BCUT2D eigenvalue weighted by Gasteiger charge is 2.37. The Hall–Kier alpha value is -10.4. The third-order valence-electron chi connectivity index (χ3n) is 16.0. The summed E-state index contributed by atoms with van der Waals surface area (Å²) >= 11 is 13.1. The van der Waals surface area contributed by atoms with Crippen LogP contribution in [0.25, 0.3) is 21.5 Å². The number of halogens is 2. The predicted molar refractivity (Wildman–Crippen MR) is 352 cm³/mol. The van der Waals surface area contributed by atoms with Crippen molar-refractivity contribution in [1.29, 1.82) is 0 Å². The number of hydrogen-bond donors (Lipinski definition) is 6. The number of anilines is 7. The fourth-order valence-corrected chi connectivity index (χ4v) is 12.3. The largest absolute Gasteiger partial charge is 0.488 e. The first kappa shape index (κ1) is 62.2. The number of alkyl halides is 2. The van der Waals surface area contributed by atoms with Crippen LogP contribution in [0.3, 0.4) is 0 Å². The van der Waals surface area contributed by atoms with Crippen molar-refractivity contribution in [2.75, 3.05) is 67.8 Å². The lowest BCUT2D eigenvalue weighted by molar-refractivity contribution is -0.122. The molecule has 0 radical (unpaired) electrons. The van der Waals surface area contributed by atoms with Gasteiger partial charge in [-0.25, -0.2) is 0 Å². The van der Waals surface area contributed by atoms with Gasteiger partial charge in [-0.2, -0.15) is 0 Å². The first-order valence-electron chi connectivity index (χ1n) is 29.3. The Morgan fingerprint density at radius 2 is 0.879 bits per heavy atom. The maximum atomic E-state index is 14.1. The number of rotatable bonds is 21. The van der Waals surface area contributed by atoms with E-state index >= 15 is 0 Å². The van der Waals surface area contributed by atoms with Gasteiger partial charge >= 0.3 is 0 Å². The molecule has 5 heterocycles. The molecular weight excluding hydrogens is 1200 g/mol. The van der Waals surface area contributed by atoms with Crippen molar-refractivity contribution in [2.45, 2.75) is 51.7 Å². The van der Waals surface area contributed by atoms with Crippen LogP contribution >= 0.6 is 23.2 Å². The molecule has 0 saturated carbocycles. The normalized spacial score (nSPS) is 14.0. The van der Waals surface area contributed by atoms with E-state index in [-0.39, 0.29) is 103 Å². The van der Waals surface area contributed by atoms with E-state index in [2.05, 4.69) is 31.9 Å². The standard InChI is InChI=1S/C68H65Cl2N11O10/c1-39(82)72-45-16-18-50-52(22-45)59(90-37-41-12-8-6-9-13-41)27-54-64(50)43(29-69)32-80(54)62(85)21-20-61(84)74-47-24-57(78(4)34-47)67(88)76-49-26-58(79(5)36-49)68(89)75-48-25-56(77(3)35-48)66(87)71-31-63(86)81-33-44(30-70)65-51-19-17-46(73-40(2)83)23-53(51)60(28-55(65)81)91-38-42-14-10-7-11-15-42/h6-19,22-28,34-36,43-44H,20-21,29-33,37-38H2,1-5H3,(H,71,87)(H,72,82)(H,73,83)(H,74,84)(H,75,89)(H,76,88). The Labute approximate surface area is 533 Å². The van der Waals surface area contributed by atoms with Gasteiger partial charge in [0.1, 0.15) is 41.8 Å². The molecule has 0 aliphatic carbocycles. The van der Waals surface area contributed by atoms with E-state index in [0.717, 1.165) is 43.8 Å². The van der Waals surface area contributed by atoms with Gasteiger partial charge in [0.05, 0.1) is 35.0 Å². The highest BCUT2D eigenvalue weighted by molar-refractivity contribution is 6.20. The molecule has 6 aromatic carbocycles. The van der Waals surface area contributed by atoms with E-state index in [1.165, 1.54) is 45.7 Å². The smallest absolute Gasteiger partial charge is 0.272 e. The Bertz CT molecular complexity index is 4370. The van der Waals surface area contributed by atoms with Gasteiger partial charge in [-0.3, -0.25) is 38.4 Å². The number of carbonyl (C=O) groups excluding carboxylic acids is 8. The molecule has 11 rings (SSSR count). The fraction of sp³-hybridized carbons (Fsp3) is 0.235. The molecule has 0 fully saturated rings. The quantitative estimate of drug-likeness (QED) is 0.0371. The molecule has 8 amide bonds. The lowest BCUT2D eigenvalue weighted by Crippen LogP contribution is -2.40. The number of carbonyl (C=O) groups is 8. The molecule has 0 spiro atoms. The summed E-state index contributed by atoms with van der Waals surface area (Å²) in [5, 5.41) is 20.0. The Kier molecular flexibility index (Phi) is 18.3. The average molecular weight is 1270 g/mol. The van der Waals surface area contributed by atoms with Crippen molar-refractivity contribution in [1.82, 2.24) is 19.0 Å². The fourth-order valence-electron chi connectivity index (χ4n) is 11.8. The highest BCUT2D eigenvalue weighted by Crippen LogP contribution is 2.48. The topological polar surface area (TPSA) is 248 Å². The van der Waals surface area contributed by atoms with Gasteiger partial charge in [0, 0.05) is 137 Å². The predicted octanol–water partition coefficient (Wildman–Crippen LogP) is 10.8. The summed E-state index contributed by atoms with van der Waals surface area (Å²) in [6.45, 7) is 3.57. The number of ether oxygens (including phenoxy) is 2. The van der Waals surface area contributed by atoms with Crippen LogP contribution < -0.4 is 51.2 Å². The summed E-state index contributed by atoms with van der Waals surface area (Å²) in [7, 11) is 4.91. The Balaban J connectivity index is 0.693. The third-order valence-corrected chi connectivity index (χ3v) is 16.8. The first-order valence-corrected chi connectivity index (χ1v) is 30.4. The van der Waals surface area contributed by atoms with Crippen LogP contribution in [0.2, 0.25) is 0 Å². The minimum atomic E-state index is -0.565. The molecule has 0 saturated heterocycles. The minimum absolute atomic E-state index is 0.127. The van der Waals surface area contributed by atoms with Crippen LogP contribution in [0, 0.1) is 0 Å². The molecule has 9 aromatic rings. The molecule has 466 valence electrons. The summed E-state index contributed by atoms with van der Waals surface area (Å²) in [4.78, 5) is 110. The van der Waals surface area contributed by atoms with Crippen molar-refractivity contribution in [3.63, 3.8) is 0 Å². The third kappa shape index (κ3) is 13.6. The number of benzene rings is 6. The molecule has 23 heteroatoms. The van der Waals surface area contributed by atoms with E-state index in [4.69, 9.17) is 32.7 Å². The number of fused-ring (bicyclic) bond motifs is 6. The SMILES string of the molecule is CC(=O)Nc1ccc2c3c(cc(OCc4ccccc4)c2c1)N(C(=O)CCC(=O)Nc1cc(C(=O)Nc2cc(C(=O)Nc4cc(C(=O)NCC(=O)N5CC(CCl)c6c5cc(OCc5ccccc5)c5cc(NC(C)=O)ccc65)n(C)c4)n(C)c2)n(C)c1)CC3CCl. The van der Waals surface area contributed by atoms with Gasteiger partial charge in [-0.1, -0.05) is 72.8 Å². The summed E-state index contributed by atoms with van der Waals surface area (Å²) in [6.07, 6.45) is 4.41. The number of nitrogens with zero attached hydrogens (tertiary/aromatic N) is 5. The lowest BCUT2D eigenvalue weighted by Gasteiger charge is -2.20. The van der Waals surface area contributed by atoms with Gasteiger partial charge in [0.2, 0.25) is 29.5 Å². The summed E-state index contributed by atoms with van der Waals surface area (Å²) in [6, 6.07) is 38.5. The zero-order valence-corrected chi connectivity index (χ0v) is 52.0. The molecule has 6 N–H and O–H groups in total. The molecule has 2 aliphatic heterocycles. The van der Waals surface area contributed by atoms with Gasteiger partial charge in [0.25, 0.3) is 17.7 Å². The zero-order valence-electron chi connectivity index (χ0n) is 50.4. The lowest BCUT2D eigenvalue weighted by atomic mass is 9.95. The Morgan fingerprint density at radius 1 is 0.462 bits per heavy atom. The second-order valence-corrected chi connectivity index (χ2v) is 23.2. The maximum Gasteiger partial charge on any atom is 0.272 e. The number of nitrogens with one attached hydrogen (secondary N) is 6. The van der Waals surface area contributed by atoms with Gasteiger partial charge in [0.15, 0.2) is 0 Å². The van der Waals surface area contributed by atoms with Crippen molar-refractivity contribution in [3.8, 4) is 11.5 Å². The molecule has 2 aliphatic rings. The number of aryl methyl sites for hydroxylation is 3. The van der Waals surface area contributed by atoms with E-state index in [0.29, 0.717) is 57.9 Å². The average Bonchev–Trinajstić information content (AvgIpc) is 1.94. The second-order valence-electron chi connectivity index (χ2n) is 22.6. The number of hydrogen-bond acceptors (Lipinski definition) is 10. The van der Waals surface area contributed by atoms with Crippen molar-refractivity contribution in [2.24, 2.45) is 21.1 Å². The summed E-state index contributed by atoms with van der Waals surface area (Å²) in [5.74, 6) is -2.20. The van der Waals surface area contributed by atoms with Crippen LogP contribution in [0.1, 0.15) is 92.2 Å². The molecular formula is C68H65Cl2N11O10. The van der Waals surface area contributed by atoms with Crippen LogP contribution in [-0.4, -0.2) is 92.4 Å². The van der Waals surface area contributed by atoms with Crippen LogP contribution in [0.5, 0.6) is 11.5 Å². The monoisotopic (exact) mass is 1270 g/mol. The van der Waals surface area contributed by atoms with E-state index in [9.17, 15) is 38.4 Å².